The Labute approximate surface area is 258 Å². The Kier molecular flexibility index (Phi) is 7.39. The summed E-state index contributed by atoms with van der Waals surface area (Å²) in [5.41, 5.74) is 10.9. The number of pyridine rings is 1. The summed E-state index contributed by atoms with van der Waals surface area (Å²) in [7, 11) is 2.08. The quantitative estimate of drug-likeness (QED) is 0.201. The summed E-state index contributed by atoms with van der Waals surface area (Å²) in [6.07, 6.45) is -0.228. The fourth-order valence-electron chi connectivity index (χ4n) is 5.65. The van der Waals surface area contributed by atoms with Crippen LogP contribution in [0.4, 0.5) is 0 Å². The third-order valence-corrected chi connectivity index (χ3v) is 8.05. The van der Waals surface area contributed by atoms with Crippen molar-refractivity contribution in [2.75, 3.05) is 7.05 Å². The van der Waals surface area contributed by atoms with Gasteiger partial charge in [-0.3, -0.25) is 4.98 Å². The highest BCUT2D eigenvalue weighted by Gasteiger charge is 2.27. The molecule has 5 aromatic carbocycles. The van der Waals surface area contributed by atoms with Crippen LogP contribution in [0.2, 0.25) is 0 Å². The average molecular weight is 569 g/mol. The molecule has 0 bridgehead atoms. The predicted molar refractivity (Wildman–Crippen MR) is 182 cm³/mol. The molecule has 0 saturated heterocycles. The van der Waals surface area contributed by atoms with Crippen LogP contribution in [0.15, 0.2) is 162 Å². The van der Waals surface area contributed by atoms with Gasteiger partial charge in [0.2, 0.25) is 0 Å². The van der Waals surface area contributed by atoms with Gasteiger partial charge in [-0.05, 0) is 46.9 Å². The van der Waals surface area contributed by atoms with Crippen molar-refractivity contribution in [1.82, 2.24) is 9.88 Å². The van der Waals surface area contributed by atoms with Gasteiger partial charge < -0.3 is 4.90 Å². The number of amidine groups is 2. The van der Waals surface area contributed by atoms with Crippen LogP contribution >= 0.6 is 0 Å². The van der Waals surface area contributed by atoms with E-state index in [0.29, 0.717) is 5.84 Å². The standard InChI is InChI=1S/C40H32N4/c1-28-10-9-15-37(41-28)33-20-22-34(23-21-33)38-42-39(35-24-16-31(17-25-35)29-11-5-3-6-12-29)44(2)40(43-38)36-26-18-32(19-27-36)30-13-7-4-8-14-30/h3-27,39H,1-2H3. The molecule has 7 rings (SSSR count). The number of hydrogen-bond donors (Lipinski definition) is 0. The molecular weight excluding hydrogens is 536 g/mol. The van der Waals surface area contributed by atoms with Gasteiger partial charge in [-0.2, -0.15) is 0 Å². The average Bonchev–Trinajstić information content (AvgIpc) is 3.09. The number of benzene rings is 5. The predicted octanol–water partition coefficient (Wildman–Crippen LogP) is 9.23. The Bertz CT molecular complexity index is 1940. The summed E-state index contributed by atoms with van der Waals surface area (Å²) >= 11 is 0. The maximum absolute atomic E-state index is 5.20. The van der Waals surface area contributed by atoms with Gasteiger partial charge >= 0.3 is 0 Å². The number of aryl methyl sites for hydroxylation is 1. The fraction of sp³-hybridized carbons (Fsp3) is 0.0750. The summed E-state index contributed by atoms with van der Waals surface area (Å²) in [5.74, 6) is 1.60. The molecule has 0 aliphatic carbocycles. The van der Waals surface area contributed by atoms with E-state index in [-0.39, 0.29) is 6.17 Å². The smallest absolute Gasteiger partial charge is 0.159 e. The molecular formula is C40H32N4. The van der Waals surface area contributed by atoms with E-state index in [9.17, 15) is 0 Å². The zero-order valence-corrected chi connectivity index (χ0v) is 24.8. The first kappa shape index (κ1) is 27.2. The first-order chi connectivity index (χ1) is 21.6. The summed E-state index contributed by atoms with van der Waals surface area (Å²) in [4.78, 5) is 17.2. The fourth-order valence-corrected chi connectivity index (χ4v) is 5.65. The van der Waals surface area contributed by atoms with E-state index >= 15 is 0 Å². The molecule has 1 unspecified atom stereocenters. The second-order valence-electron chi connectivity index (χ2n) is 11.0. The van der Waals surface area contributed by atoms with Gasteiger partial charge in [-0.25, -0.2) is 9.98 Å². The van der Waals surface area contributed by atoms with Crippen molar-refractivity contribution in [3.63, 3.8) is 0 Å². The van der Waals surface area contributed by atoms with Gasteiger partial charge in [0.15, 0.2) is 5.84 Å². The zero-order chi connectivity index (χ0) is 29.9. The molecule has 1 atom stereocenters. The molecule has 0 spiro atoms. The van der Waals surface area contributed by atoms with E-state index in [1.165, 1.54) is 22.3 Å². The highest BCUT2D eigenvalue weighted by atomic mass is 15.3. The van der Waals surface area contributed by atoms with Gasteiger partial charge in [-0.1, -0.05) is 140 Å². The van der Waals surface area contributed by atoms with Gasteiger partial charge in [0.25, 0.3) is 0 Å². The largest absolute Gasteiger partial charge is 0.333 e. The Morgan fingerprint density at radius 1 is 0.477 bits per heavy atom. The van der Waals surface area contributed by atoms with Crippen molar-refractivity contribution in [2.45, 2.75) is 13.1 Å². The minimum atomic E-state index is -0.228. The highest BCUT2D eigenvalue weighted by molar-refractivity contribution is 6.13. The van der Waals surface area contributed by atoms with Crippen LogP contribution in [0.1, 0.15) is 28.6 Å². The SMILES string of the molecule is Cc1cccc(-c2ccc(C3=NC(c4ccc(-c5ccccc5)cc4)N(C)C(c4ccc(-c5ccccc5)cc4)=N3)cc2)n1. The number of rotatable bonds is 6. The lowest BCUT2D eigenvalue weighted by atomic mass is 10.0. The van der Waals surface area contributed by atoms with Crippen LogP contribution in [0, 0.1) is 6.92 Å². The molecule has 0 radical (unpaired) electrons. The lowest BCUT2D eigenvalue weighted by Gasteiger charge is -2.32. The topological polar surface area (TPSA) is 40.9 Å². The summed E-state index contributed by atoms with van der Waals surface area (Å²) < 4.78 is 0. The van der Waals surface area contributed by atoms with Gasteiger partial charge in [0.05, 0.1) is 5.69 Å². The minimum Gasteiger partial charge on any atom is -0.333 e. The summed E-state index contributed by atoms with van der Waals surface area (Å²) in [6.45, 7) is 2.01. The second-order valence-corrected chi connectivity index (χ2v) is 11.0. The van der Waals surface area contributed by atoms with Crippen LogP contribution in [0.25, 0.3) is 33.5 Å². The Hall–Kier alpha value is -5.61. The lowest BCUT2D eigenvalue weighted by Crippen LogP contribution is -2.35. The first-order valence-electron chi connectivity index (χ1n) is 14.9. The van der Waals surface area contributed by atoms with Crippen LogP contribution in [-0.4, -0.2) is 28.6 Å². The Balaban J connectivity index is 1.26. The second kappa shape index (κ2) is 11.9. The molecule has 1 aliphatic heterocycles. The van der Waals surface area contributed by atoms with E-state index in [4.69, 9.17) is 15.0 Å². The number of nitrogens with zero attached hydrogens (tertiary/aromatic N) is 4. The monoisotopic (exact) mass is 568 g/mol. The van der Waals surface area contributed by atoms with Crippen molar-refractivity contribution in [2.24, 2.45) is 9.98 Å². The van der Waals surface area contributed by atoms with Crippen molar-refractivity contribution < 1.29 is 0 Å². The van der Waals surface area contributed by atoms with Crippen molar-refractivity contribution in [3.8, 4) is 33.5 Å². The highest BCUT2D eigenvalue weighted by Crippen LogP contribution is 2.31. The van der Waals surface area contributed by atoms with Crippen LogP contribution in [0.5, 0.6) is 0 Å². The molecule has 4 heteroatoms. The minimum absolute atomic E-state index is 0.228. The van der Waals surface area contributed by atoms with Crippen molar-refractivity contribution >= 4 is 11.7 Å². The van der Waals surface area contributed by atoms with E-state index in [0.717, 1.165) is 39.5 Å². The maximum Gasteiger partial charge on any atom is 0.159 e. The van der Waals surface area contributed by atoms with Gasteiger partial charge in [0.1, 0.15) is 12.0 Å². The summed E-state index contributed by atoms with van der Waals surface area (Å²) in [5, 5.41) is 0. The van der Waals surface area contributed by atoms with Crippen molar-refractivity contribution in [1.29, 1.82) is 0 Å². The van der Waals surface area contributed by atoms with Crippen LogP contribution in [0.3, 0.4) is 0 Å². The molecule has 4 nitrogen and oxygen atoms in total. The van der Waals surface area contributed by atoms with Gasteiger partial charge in [0, 0.05) is 29.4 Å². The molecule has 0 saturated carbocycles. The zero-order valence-electron chi connectivity index (χ0n) is 24.8. The first-order valence-corrected chi connectivity index (χ1v) is 14.9. The molecule has 2 heterocycles. The molecule has 1 aliphatic rings. The van der Waals surface area contributed by atoms with E-state index < -0.39 is 0 Å². The number of aliphatic imine (C=N–C) groups is 2. The van der Waals surface area contributed by atoms with Crippen molar-refractivity contribution in [3.05, 3.63) is 174 Å². The van der Waals surface area contributed by atoms with E-state index in [1.54, 1.807) is 0 Å². The molecule has 0 amide bonds. The Morgan fingerprint density at radius 3 is 1.57 bits per heavy atom. The molecule has 212 valence electrons. The lowest BCUT2D eigenvalue weighted by molar-refractivity contribution is 0.383. The normalized spacial score (nSPS) is 14.6. The summed E-state index contributed by atoms with van der Waals surface area (Å²) in [6, 6.07) is 52.8. The van der Waals surface area contributed by atoms with E-state index in [2.05, 4.69) is 133 Å². The van der Waals surface area contributed by atoms with Crippen LogP contribution < -0.4 is 0 Å². The van der Waals surface area contributed by atoms with Gasteiger partial charge in [-0.15, -0.1) is 0 Å². The van der Waals surface area contributed by atoms with E-state index in [1.807, 2.05) is 37.3 Å². The third-order valence-electron chi connectivity index (χ3n) is 8.05. The molecule has 0 fully saturated rings. The molecule has 0 N–H and O–H groups in total. The van der Waals surface area contributed by atoms with Crippen LogP contribution in [-0.2, 0) is 0 Å². The molecule has 44 heavy (non-hydrogen) atoms. The number of aromatic nitrogens is 1. The molecule has 6 aromatic rings. The maximum atomic E-state index is 5.20. The molecule has 1 aromatic heterocycles. The number of hydrogen-bond acceptors (Lipinski definition) is 4. The third kappa shape index (κ3) is 5.58. The Morgan fingerprint density at radius 2 is 0.977 bits per heavy atom.